The van der Waals surface area contributed by atoms with Crippen LogP contribution in [0.25, 0.3) is 0 Å². The summed E-state index contributed by atoms with van der Waals surface area (Å²) < 4.78 is 12.8. The van der Waals surface area contributed by atoms with E-state index in [2.05, 4.69) is 10.3 Å². The molecular formula is C12H12FNO4. The van der Waals surface area contributed by atoms with E-state index < -0.39 is 23.9 Å². The second kappa shape index (κ2) is 4.73. The molecule has 1 amide bonds. The standard InChI is InChI=1S/C12H12FNO4/c13-9-3-1-8(2-4-9)12(5-6-12)11(17)14-18-7-10(15)16/h1-4H,5-7H2,(H,14,17)(H,15,16). The maximum absolute atomic E-state index is 12.8. The number of amides is 1. The molecule has 2 rings (SSSR count). The maximum atomic E-state index is 12.8. The number of hydrogen-bond acceptors (Lipinski definition) is 3. The zero-order chi connectivity index (χ0) is 13.2. The van der Waals surface area contributed by atoms with Crippen LogP contribution in [0.2, 0.25) is 0 Å². The monoisotopic (exact) mass is 253 g/mol. The number of benzene rings is 1. The molecular weight excluding hydrogens is 241 g/mol. The van der Waals surface area contributed by atoms with Crippen LogP contribution in [0.4, 0.5) is 4.39 Å². The number of carboxylic acid groups (broad SMARTS) is 1. The zero-order valence-electron chi connectivity index (χ0n) is 9.48. The second-order valence-electron chi connectivity index (χ2n) is 4.20. The number of carbonyl (C=O) groups is 2. The molecule has 6 heteroatoms. The summed E-state index contributed by atoms with van der Waals surface area (Å²) in [7, 11) is 0. The van der Waals surface area contributed by atoms with Gasteiger partial charge in [-0.05, 0) is 30.5 Å². The lowest BCUT2D eigenvalue weighted by atomic mass is 9.95. The summed E-state index contributed by atoms with van der Waals surface area (Å²) in [6, 6.07) is 5.69. The Bertz CT molecular complexity index is 467. The van der Waals surface area contributed by atoms with Crippen LogP contribution in [0.5, 0.6) is 0 Å². The molecule has 0 aromatic heterocycles. The van der Waals surface area contributed by atoms with Gasteiger partial charge < -0.3 is 5.11 Å². The topological polar surface area (TPSA) is 75.6 Å². The molecule has 1 aliphatic carbocycles. The van der Waals surface area contributed by atoms with Gasteiger partial charge in [-0.25, -0.2) is 14.7 Å². The molecule has 96 valence electrons. The molecule has 0 heterocycles. The van der Waals surface area contributed by atoms with E-state index in [1.807, 2.05) is 0 Å². The van der Waals surface area contributed by atoms with Crippen LogP contribution in [0, 0.1) is 5.82 Å². The molecule has 1 aromatic carbocycles. The van der Waals surface area contributed by atoms with Gasteiger partial charge in [0.1, 0.15) is 5.82 Å². The second-order valence-corrected chi connectivity index (χ2v) is 4.20. The summed E-state index contributed by atoms with van der Waals surface area (Å²) in [4.78, 5) is 26.7. The van der Waals surface area contributed by atoms with E-state index in [9.17, 15) is 14.0 Å². The molecule has 0 unspecified atom stereocenters. The molecule has 0 atom stereocenters. The Kier molecular flexibility index (Phi) is 3.29. The number of carbonyl (C=O) groups excluding carboxylic acids is 1. The predicted octanol–water partition coefficient (Wildman–Crippen LogP) is 0.990. The lowest BCUT2D eigenvalue weighted by Crippen LogP contribution is -2.36. The van der Waals surface area contributed by atoms with E-state index in [-0.39, 0.29) is 5.82 Å². The summed E-state index contributed by atoms with van der Waals surface area (Å²) in [6.07, 6.45) is 1.28. The van der Waals surface area contributed by atoms with E-state index in [1.54, 1.807) is 12.1 Å². The third kappa shape index (κ3) is 2.48. The van der Waals surface area contributed by atoms with Gasteiger partial charge in [-0.15, -0.1) is 0 Å². The first-order chi connectivity index (χ1) is 8.54. The number of aliphatic carboxylic acids is 1. The Morgan fingerprint density at radius 1 is 1.33 bits per heavy atom. The Hall–Kier alpha value is -1.95. The van der Waals surface area contributed by atoms with Crippen LogP contribution in [0.3, 0.4) is 0 Å². The van der Waals surface area contributed by atoms with Gasteiger partial charge in [0.25, 0.3) is 5.91 Å². The van der Waals surface area contributed by atoms with Crippen molar-refractivity contribution in [3.63, 3.8) is 0 Å². The lowest BCUT2D eigenvalue weighted by Gasteiger charge is -2.14. The van der Waals surface area contributed by atoms with E-state index in [0.717, 1.165) is 0 Å². The summed E-state index contributed by atoms with van der Waals surface area (Å²) in [6.45, 7) is -0.592. The summed E-state index contributed by atoms with van der Waals surface area (Å²) in [5.74, 6) is -1.92. The molecule has 2 N–H and O–H groups in total. The quantitative estimate of drug-likeness (QED) is 0.767. The van der Waals surface area contributed by atoms with E-state index in [0.29, 0.717) is 18.4 Å². The average molecular weight is 253 g/mol. The Balaban J connectivity index is 2.00. The fraction of sp³-hybridized carbons (Fsp3) is 0.333. The summed E-state index contributed by atoms with van der Waals surface area (Å²) in [5.41, 5.74) is 2.12. The molecule has 0 aliphatic heterocycles. The third-order valence-corrected chi connectivity index (χ3v) is 2.94. The van der Waals surface area contributed by atoms with Gasteiger partial charge in [0, 0.05) is 0 Å². The normalized spacial score (nSPS) is 16.1. The van der Waals surface area contributed by atoms with Gasteiger partial charge in [-0.3, -0.25) is 9.63 Å². The van der Waals surface area contributed by atoms with E-state index in [1.165, 1.54) is 12.1 Å². The van der Waals surface area contributed by atoms with Crippen molar-refractivity contribution >= 4 is 11.9 Å². The highest BCUT2D eigenvalue weighted by Gasteiger charge is 2.51. The first-order valence-corrected chi connectivity index (χ1v) is 5.45. The van der Waals surface area contributed by atoms with Crippen molar-refractivity contribution < 1.29 is 23.9 Å². The van der Waals surface area contributed by atoms with Crippen molar-refractivity contribution in [3.05, 3.63) is 35.6 Å². The van der Waals surface area contributed by atoms with Crippen molar-refractivity contribution in [1.82, 2.24) is 5.48 Å². The maximum Gasteiger partial charge on any atom is 0.332 e. The molecule has 0 saturated heterocycles. The van der Waals surface area contributed by atoms with Crippen LogP contribution in [0.15, 0.2) is 24.3 Å². The van der Waals surface area contributed by atoms with E-state index >= 15 is 0 Å². The SMILES string of the molecule is O=C(O)CONC(=O)C1(c2ccc(F)cc2)CC1. The summed E-state index contributed by atoms with van der Waals surface area (Å²) >= 11 is 0. The highest BCUT2D eigenvalue weighted by atomic mass is 19.1. The molecule has 0 spiro atoms. The number of hydroxylamine groups is 1. The lowest BCUT2D eigenvalue weighted by molar-refractivity contribution is -0.150. The minimum absolute atomic E-state index is 0.364. The number of nitrogens with one attached hydrogen (secondary N) is 1. The molecule has 1 aromatic rings. The highest BCUT2D eigenvalue weighted by molar-refractivity contribution is 5.90. The van der Waals surface area contributed by atoms with Crippen molar-refractivity contribution in [2.75, 3.05) is 6.61 Å². The molecule has 1 fully saturated rings. The van der Waals surface area contributed by atoms with Crippen LogP contribution < -0.4 is 5.48 Å². The van der Waals surface area contributed by atoms with Crippen LogP contribution in [0.1, 0.15) is 18.4 Å². The van der Waals surface area contributed by atoms with Crippen molar-refractivity contribution in [2.45, 2.75) is 18.3 Å². The molecule has 1 aliphatic rings. The van der Waals surface area contributed by atoms with Gasteiger partial charge >= 0.3 is 5.97 Å². The molecule has 18 heavy (non-hydrogen) atoms. The fourth-order valence-corrected chi connectivity index (χ4v) is 1.80. The minimum Gasteiger partial charge on any atom is -0.479 e. The van der Waals surface area contributed by atoms with Gasteiger partial charge in [-0.1, -0.05) is 12.1 Å². The van der Waals surface area contributed by atoms with Gasteiger partial charge in [-0.2, -0.15) is 0 Å². The van der Waals surface area contributed by atoms with Gasteiger partial charge in [0.15, 0.2) is 6.61 Å². The number of carboxylic acids is 1. The highest BCUT2D eigenvalue weighted by Crippen LogP contribution is 2.48. The third-order valence-electron chi connectivity index (χ3n) is 2.94. The number of hydrogen-bond donors (Lipinski definition) is 2. The molecule has 5 nitrogen and oxygen atoms in total. The summed E-state index contributed by atoms with van der Waals surface area (Å²) in [5, 5.41) is 8.37. The Labute approximate surface area is 103 Å². The van der Waals surface area contributed by atoms with Crippen LogP contribution in [-0.2, 0) is 19.8 Å². The first-order valence-electron chi connectivity index (χ1n) is 5.45. The van der Waals surface area contributed by atoms with Gasteiger partial charge in [0.05, 0.1) is 5.41 Å². The van der Waals surface area contributed by atoms with E-state index in [4.69, 9.17) is 5.11 Å². The molecule has 0 bridgehead atoms. The predicted molar refractivity (Wildman–Crippen MR) is 59.0 cm³/mol. The number of rotatable bonds is 5. The Morgan fingerprint density at radius 3 is 2.44 bits per heavy atom. The first kappa shape index (κ1) is 12.5. The van der Waals surface area contributed by atoms with Crippen molar-refractivity contribution in [1.29, 1.82) is 0 Å². The Morgan fingerprint density at radius 2 is 1.94 bits per heavy atom. The smallest absolute Gasteiger partial charge is 0.332 e. The van der Waals surface area contributed by atoms with Gasteiger partial charge in [0.2, 0.25) is 0 Å². The van der Waals surface area contributed by atoms with Crippen molar-refractivity contribution in [3.8, 4) is 0 Å². The van der Waals surface area contributed by atoms with Crippen LogP contribution >= 0.6 is 0 Å². The average Bonchev–Trinajstić information content (AvgIpc) is 3.10. The zero-order valence-corrected chi connectivity index (χ0v) is 9.48. The van der Waals surface area contributed by atoms with Crippen LogP contribution in [-0.4, -0.2) is 23.6 Å². The fourth-order valence-electron chi connectivity index (χ4n) is 1.80. The number of halogens is 1. The molecule has 0 radical (unpaired) electrons. The minimum atomic E-state index is -1.16. The van der Waals surface area contributed by atoms with Crippen molar-refractivity contribution in [2.24, 2.45) is 0 Å². The largest absolute Gasteiger partial charge is 0.479 e. The molecule has 1 saturated carbocycles.